The summed E-state index contributed by atoms with van der Waals surface area (Å²) >= 11 is 0. The third kappa shape index (κ3) is 10.1. The Balaban J connectivity index is 1.38. The van der Waals surface area contributed by atoms with Crippen molar-refractivity contribution in [1.29, 1.82) is 5.26 Å². The predicted octanol–water partition coefficient (Wildman–Crippen LogP) is 3.89. The molecule has 0 aliphatic carbocycles. The van der Waals surface area contributed by atoms with E-state index in [1.807, 2.05) is 52.3 Å². The summed E-state index contributed by atoms with van der Waals surface area (Å²) in [5, 5.41) is 8.88. The van der Waals surface area contributed by atoms with E-state index in [4.69, 9.17) is 15.7 Å². The number of guanidine groups is 1. The molecule has 1 aromatic carbocycles. The first-order chi connectivity index (χ1) is 18.7. The molecule has 2 aromatic rings. The number of aromatic nitrogens is 1. The van der Waals surface area contributed by atoms with Gasteiger partial charge in [-0.15, -0.1) is 4.99 Å². The van der Waals surface area contributed by atoms with E-state index in [1.165, 1.54) is 0 Å². The van der Waals surface area contributed by atoms with Crippen LogP contribution in [0.3, 0.4) is 0 Å². The zero-order valence-electron chi connectivity index (χ0n) is 22.4. The summed E-state index contributed by atoms with van der Waals surface area (Å²) in [5.74, 6) is 0.330. The van der Waals surface area contributed by atoms with Crippen LogP contribution in [0.1, 0.15) is 55.3 Å². The SMILES string of the molecule is N#CN=C(N)N(CCCCCCCCN(CCCN1CCOCC1)C(=O)c1ccccc1)c1ccncc1. The Morgan fingerprint density at radius 3 is 2.26 bits per heavy atom. The molecule has 204 valence electrons. The number of amides is 1. The van der Waals surface area contributed by atoms with E-state index in [9.17, 15) is 4.79 Å². The number of anilines is 1. The van der Waals surface area contributed by atoms with Gasteiger partial charge in [0.2, 0.25) is 12.2 Å². The summed E-state index contributed by atoms with van der Waals surface area (Å²) in [6.07, 6.45) is 12.5. The lowest BCUT2D eigenvalue weighted by molar-refractivity contribution is 0.0357. The largest absolute Gasteiger partial charge is 0.379 e. The Hall–Kier alpha value is -3.48. The molecule has 0 bridgehead atoms. The number of carbonyl (C=O) groups is 1. The van der Waals surface area contributed by atoms with Gasteiger partial charge in [0.25, 0.3) is 5.91 Å². The van der Waals surface area contributed by atoms with Crippen LogP contribution in [0.2, 0.25) is 0 Å². The van der Waals surface area contributed by atoms with E-state index in [2.05, 4.69) is 14.9 Å². The van der Waals surface area contributed by atoms with Gasteiger partial charge in [-0.05, 0) is 43.5 Å². The number of unbranched alkanes of at least 4 members (excludes halogenated alkanes) is 5. The highest BCUT2D eigenvalue weighted by Crippen LogP contribution is 2.15. The number of pyridine rings is 1. The third-order valence-electron chi connectivity index (χ3n) is 6.79. The fourth-order valence-corrected chi connectivity index (χ4v) is 4.68. The van der Waals surface area contributed by atoms with Gasteiger partial charge in [-0.1, -0.05) is 43.9 Å². The summed E-state index contributed by atoms with van der Waals surface area (Å²) in [6, 6.07) is 13.3. The lowest BCUT2D eigenvalue weighted by Crippen LogP contribution is -2.39. The molecule has 0 spiro atoms. The maximum Gasteiger partial charge on any atom is 0.253 e. The van der Waals surface area contributed by atoms with Crippen LogP contribution in [0.25, 0.3) is 0 Å². The van der Waals surface area contributed by atoms with Gasteiger partial charge in [0.1, 0.15) is 0 Å². The fourth-order valence-electron chi connectivity index (χ4n) is 4.68. The molecule has 1 amide bonds. The third-order valence-corrected chi connectivity index (χ3v) is 6.79. The van der Waals surface area contributed by atoms with Crippen LogP contribution >= 0.6 is 0 Å². The van der Waals surface area contributed by atoms with Crippen molar-refractivity contribution in [2.45, 2.75) is 44.9 Å². The van der Waals surface area contributed by atoms with Gasteiger partial charge in [0.05, 0.1) is 13.2 Å². The molecule has 0 radical (unpaired) electrons. The van der Waals surface area contributed by atoms with Crippen LogP contribution < -0.4 is 10.6 Å². The predicted molar refractivity (Wildman–Crippen MR) is 151 cm³/mol. The first kappa shape index (κ1) is 29.1. The summed E-state index contributed by atoms with van der Waals surface area (Å²) in [6.45, 7) is 6.82. The van der Waals surface area contributed by atoms with Gasteiger partial charge in [0.15, 0.2) is 0 Å². The first-order valence-electron chi connectivity index (χ1n) is 13.7. The van der Waals surface area contributed by atoms with Gasteiger partial charge >= 0.3 is 0 Å². The number of benzene rings is 1. The molecule has 38 heavy (non-hydrogen) atoms. The van der Waals surface area contributed by atoms with Crippen molar-refractivity contribution in [3.63, 3.8) is 0 Å². The Morgan fingerprint density at radius 1 is 0.947 bits per heavy atom. The van der Waals surface area contributed by atoms with Crippen LogP contribution in [0.4, 0.5) is 5.69 Å². The Kier molecular flexibility index (Phi) is 13.1. The molecule has 2 heterocycles. The number of ether oxygens (including phenoxy) is 1. The summed E-state index contributed by atoms with van der Waals surface area (Å²) in [7, 11) is 0. The number of nitrogens with zero attached hydrogens (tertiary/aromatic N) is 6. The fraction of sp³-hybridized carbons (Fsp3) is 0.517. The second-order valence-corrected chi connectivity index (χ2v) is 9.51. The molecule has 3 rings (SSSR count). The van der Waals surface area contributed by atoms with E-state index in [-0.39, 0.29) is 11.9 Å². The number of nitriles is 1. The molecule has 0 atom stereocenters. The molecule has 1 aromatic heterocycles. The van der Waals surface area contributed by atoms with E-state index in [0.29, 0.717) is 6.54 Å². The molecular weight excluding hydrogens is 478 g/mol. The minimum Gasteiger partial charge on any atom is -0.379 e. The number of nitrogens with two attached hydrogens (primary N) is 1. The van der Waals surface area contributed by atoms with Gasteiger partial charge in [-0.3, -0.25) is 14.7 Å². The average Bonchev–Trinajstić information content (AvgIpc) is 2.96. The molecule has 1 fully saturated rings. The van der Waals surface area contributed by atoms with Crippen LogP contribution in [-0.4, -0.2) is 79.1 Å². The second-order valence-electron chi connectivity index (χ2n) is 9.51. The number of morpholine rings is 1. The zero-order chi connectivity index (χ0) is 26.8. The topological polar surface area (TPSA) is 111 Å². The van der Waals surface area contributed by atoms with Crippen molar-refractivity contribution in [2.75, 3.05) is 57.4 Å². The Bertz CT molecular complexity index is 1000. The van der Waals surface area contributed by atoms with E-state index < -0.39 is 0 Å². The molecule has 9 heteroatoms. The molecule has 1 aliphatic rings. The number of rotatable bonds is 15. The zero-order valence-corrected chi connectivity index (χ0v) is 22.4. The number of aliphatic imine (C=N–C) groups is 1. The van der Waals surface area contributed by atoms with Crippen molar-refractivity contribution < 1.29 is 9.53 Å². The van der Waals surface area contributed by atoms with Gasteiger partial charge < -0.3 is 20.3 Å². The standard InChI is InChI=1S/C29H41N7O2/c30-25-33-29(31)36(27-13-15-32-16-14-27)20-9-4-2-1-3-8-18-35(28(37)26-11-6-5-7-12-26)19-10-17-34-21-23-38-24-22-34/h5-7,11-16H,1-4,8-10,17-24H2,(H2,31,33). The van der Waals surface area contributed by atoms with Crippen molar-refractivity contribution in [3.8, 4) is 6.19 Å². The summed E-state index contributed by atoms with van der Waals surface area (Å²) < 4.78 is 5.44. The smallest absolute Gasteiger partial charge is 0.253 e. The quantitative estimate of drug-likeness (QED) is 0.164. The lowest BCUT2D eigenvalue weighted by Gasteiger charge is -2.28. The lowest BCUT2D eigenvalue weighted by atomic mass is 10.1. The normalized spacial score (nSPS) is 14.1. The number of hydrogen-bond acceptors (Lipinski definition) is 6. The van der Waals surface area contributed by atoms with Crippen molar-refractivity contribution in [3.05, 3.63) is 60.4 Å². The van der Waals surface area contributed by atoms with E-state index in [1.54, 1.807) is 18.6 Å². The monoisotopic (exact) mass is 519 g/mol. The van der Waals surface area contributed by atoms with E-state index >= 15 is 0 Å². The average molecular weight is 520 g/mol. The molecule has 0 saturated carbocycles. The molecular formula is C29H41N7O2. The van der Waals surface area contributed by atoms with Crippen LogP contribution in [0.5, 0.6) is 0 Å². The summed E-state index contributed by atoms with van der Waals surface area (Å²) in [4.78, 5) is 27.2. The Labute approximate surface area is 226 Å². The number of carbonyl (C=O) groups excluding carboxylic acids is 1. The molecule has 9 nitrogen and oxygen atoms in total. The maximum atomic E-state index is 13.2. The minimum absolute atomic E-state index is 0.125. The first-order valence-corrected chi connectivity index (χ1v) is 13.7. The molecule has 1 saturated heterocycles. The van der Waals surface area contributed by atoms with E-state index in [0.717, 1.165) is 102 Å². The molecule has 2 N–H and O–H groups in total. The maximum absolute atomic E-state index is 13.2. The second kappa shape index (κ2) is 17.1. The van der Waals surface area contributed by atoms with Crippen molar-refractivity contribution >= 4 is 17.6 Å². The van der Waals surface area contributed by atoms with Crippen molar-refractivity contribution in [1.82, 2.24) is 14.8 Å². The molecule has 1 aliphatic heterocycles. The minimum atomic E-state index is 0.125. The Morgan fingerprint density at radius 2 is 1.58 bits per heavy atom. The van der Waals surface area contributed by atoms with Gasteiger partial charge in [-0.2, -0.15) is 5.26 Å². The van der Waals surface area contributed by atoms with Crippen LogP contribution in [-0.2, 0) is 4.74 Å². The number of hydrogen-bond donors (Lipinski definition) is 1. The molecule has 0 unspecified atom stereocenters. The van der Waals surface area contributed by atoms with Crippen molar-refractivity contribution in [2.24, 2.45) is 10.7 Å². The highest BCUT2D eigenvalue weighted by molar-refractivity contribution is 5.95. The van der Waals surface area contributed by atoms with Gasteiger partial charge in [-0.25, -0.2) is 0 Å². The van der Waals surface area contributed by atoms with Gasteiger partial charge in [0, 0.05) is 62.9 Å². The van der Waals surface area contributed by atoms with Crippen LogP contribution in [0, 0.1) is 11.5 Å². The van der Waals surface area contributed by atoms with Crippen LogP contribution in [0.15, 0.2) is 59.9 Å². The highest BCUT2D eigenvalue weighted by Gasteiger charge is 2.16. The highest BCUT2D eigenvalue weighted by atomic mass is 16.5. The summed E-state index contributed by atoms with van der Waals surface area (Å²) in [5.41, 5.74) is 7.65.